The lowest BCUT2D eigenvalue weighted by molar-refractivity contribution is -0.120. The predicted octanol–water partition coefficient (Wildman–Crippen LogP) is 3.37. The zero-order chi connectivity index (χ0) is 14.0. The van der Waals surface area contributed by atoms with E-state index in [1.165, 1.54) is 0 Å². The molecule has 2 N–H and O–H groups in total. The van der Waals surface area contributed by atoms with Gasteiger partial charge in [-0.25, -0.2) is 0 Å². The van der Waals surface area contributed by atoms with E-state index in [9.17, 15) is 4.79 Å². The number of nitrogens with zero attached hydrogens (tertiary/aromatic N) is 1. The maximum atomic E-state index is 12.5. The number of carbonyl (C=O) groups is 1. The quantitative estimate of drug-likeness (QED) is 0.847. The van der Waals surface area contributed by atoms with Crippen molar-refractivity contribution in [1.29, 1.82) is 0 Å². The first-order valence-corrected chi connectivity index (χ1v) is 7.12. The van der Waals surface area contributed by atoms with Gasteiger partial charge in [0, 0.05) is 24.3 Å². The molecule has 1 aliphatic heterocycles. The van der Waals surface area contributed by atoms with Gasteiger partial charge in [0.15, 0.2) is 0 Å². The summed E-state index contributed by atoms with van der Waals surface area (Å²) < 4.78 is 0. The molecule has 0 bridgehead atoms. The average molecular weight is 260 g/mol. The molecule has 0 radical (unpaired) electrons. The number of rotatable bonds is 3. The molecule has 1 heterocycles. The molecule has 0 atom stereocenters. The fourth-order valence-electron chi connectivity index (χ4n) is 2.54. The first kappa shape index (κ1) is 13.9. The molecule has 0 aliphatic carbocycles. The Morgan fingerprint density at radius 3 is 2.84 bits per heavy atom. The molecule has 1 amide bonds. The summed E-state index contributed by atoms with van der Waals surface area (Å²) in [7, 11) is 0. The van der Waals surface area contributed by atoms with Crippen molar-refractivity contribution in [2.75, 3.05) is 17.2 Å². The normalized spacial score (nSPS) is 15.2. The summed E-state index contributed by atoms with van der Waals surface area (Å²) in [5.74, 6) is 0.221. The van der Waals surface area contributed by atoms with Gasteiger partial charge in [0.25, 0.3) is 0 Å². The van der Waals surface area contributed by atoms with Crippen molar-refractivity contribution in [3.05, 3.63) is 23.8 Å². The van der Waals surface area contributed by atoms with E-state index in [1.54, 1.807) is 0 Å². The number of hydrogen-bond donors (Lipinski definition) is 1. The van der Waals surface area contributed by atoms with Crippen LogP contribution in [-0.4, -0.2) is 12.5 Å². The highest BCUT2D eigenvalue weighted by Crippen LogP contribution is 2.33. The van der Waals surface area contributed by atoms with Gasteiger partial charge >= 0.3 is 0 Å². The van der Waals surface area contributed by atoms with Crippen LogP contribution in [0, 0.1) is 5.41 Å². The molecule has 0 aromatic heterocycles. The minimum atomic E-state index is 0.0645. The molecule has 3 nitrogen and oxygen atoms in total. The van der Waals surface area contributed by atoms with Crippen molar-refractivity contribution in [3.63, 3.8) is 0 Å². The SMILES string of the molecule is CCC(C)(C)CC(=O)N1CCCc2c(N)cccc21. The molecular weight excluding hydrogens is 236 g/mol. The molecule has 1 aliphatic rings. The molecule has 1 aromatic rings. The van der Waals surface area contributed by atoms with Gasteiger partial charge in [-0.3, -0.25) is 4.79 Å². The van der Waals surface area contributed by atoms with Crippen LogP contribution in [0.3, 0.4) is 0 Å². The Morgan fingerprint density at radius 2 is 2.16 bits per heavy atom. The van der Waals surface area contributed by atoms with Gasteiger partial charge < -0.3 is 10.6 Å². The van der Waals surface area contributed by atoms with Crippen LogP contribution >= 0.6 is 0 Å². The van der Waals surface area contributed by atoms with Crippen molar-refractivity contribution >= 4 is 17.3 Å². The molecule has 104 valence electrons. The fourth-order valence-corrected chi connectivity index (χ4v) is 2.54. The molecule has 0 spiro atoms. The number of anilines is 2. The van der Waals surface area contributed by atoms with Crippen molar-refractivity contribution in [1.82, 2.24) is 0 Å². The van der Waals surface area contributed by atoms with E-state index in [-0.39, 0.29) is 11.3 Å². The molecule has 3 heteroatoms. The summed E-state index contributed by atoms with van der Waals surface area (Å²) in [6, 6.07) is 5.87. The van der Waals surface area contributed by atoms with E-state index in [1.807, 2.05) is 23.1 Å². The molecule has 19 heavy (non-hydrogen) atoms. The Balaban J connectivity index is 2.24. The van der Waals surface area contributed by atoms with Gasteiger partial charge in [-0.15, -0.1) is 0 Å². The monoisotopic (exact) mass is 260 g/mol. The summed E-state index contributed by atoms with van der Waals surface area (Å²) in [4.78, 5) is 14.5. The van der Waals surface area contributed by atoms with E-state index >= 15 is 0 Å². The van der Waals surface area contributed by atoms with Crippen molar-refractivity contribution in [2.24, 2.45) is 5.41 Å². The summed E-state index contributed by atoms with van der Waals surface area (Å²) >= 11 is 0. The van der Waals surface area contributed by atoms with Gasteiger partial charge in [-0.1, -0.05) is 33.3 Å². The number of hydrogen-bond acceptors (Lipinski definition) is 2. The van der Waals surface area contributed by atoms with Crippen molar-refractivity contribution in [2.45, 2.75) is 46.5 Å². The fraction of sp³-hybridized carbons (Fsp3) is 0.562. The molecule has 0 saturated heterocycles. The standard InChI is InChI=1S/C16H24N2O/c1-4-16(2,3)11-15(19)18-10-6-7-12-13(17)8-5-9-14(12)18/h5,8-9H,4,6-7,10-11,17H2,1-3H3. The Hall–Kier alpha value is -1.51. The van der Waals surface area contributed by atoms with Gasteiger partial charge in [0.05, 0.1) is 0 Å². The second kappa shape index (κ2) is 5.24. The maximum Gasteiger partial charge on any atom is 0.227 e. The van der Waals surface area contributed by atoms with Crippen LogP contribution in [0.5, 0.6) is 0 Å². The Bertz CT molecular complexity index is 480. The highest BCUT2D eigenvalue weighted by Gasteiger charge is 2.28. The molecule has 2 rings (SSSR count). The van der Waals surface area contributed by atoms with Crippen molar-refractivity contribution in [3.8, 4) is 0 Å². The Labute approximate surface area is 115 Å². The number of nitrogen functional groups attached to an aromatic ring is 1. The molecule has 0 fully saturated rings. The molecule has 0 saturated carbocycles. The summed E-state index contributed by atoms with van der Waals surface area (Å²) in [6.07, 6.45) is 3.58. The van der Waals surface area contributed by atoms with Crippen LogP contribution in [0.4, 0.5) is 11.4 Å². The summed E-state index contributed by atoms with van der Waals surface area (Å²) in [5, 5.41) is 0. The highest BCUT2D eigenvalue weighted by atomic mass is 16.2. The third-order valence-corrected chi connectivity index (χ3v) is 4.17. The second-order valence-electron chi connectivity index (χ2n) is 6.19. The molecule has 0 unspecified atom stereocenters. The Kier molecular flexibility index (Phi) is 3.83. The zero-order valence-electron chi connectivity index (χ0n) is 12.2. The molecule has 1 aromatic carbocycles. The smallest absolute Gasteiger partial charge is 0.227 e. The van der Waals surface area contributed by atoms with E-state index in [0.717, 1.165) is 42.7 Å². The topological polar surface area (TPSA) is 46.3 Å². The summed E-state index contributed by atoms with van der Waals surface area (Å²) in [6.45, 7) is 7.24. The first-order chi connectivity index (χ1) is 8.94. The van der Waals surface area contributed by atoms with E-state index < -0.39 is 0 Å². The lowest BCUT2D eigenvalue weighted by atomic mass is 9.85. The number of carbonyl (C=O) groups excluding carboxylic acids is 1. The highest BCUT2D eigenvalue weighted by molar-refractivity contribution is 5.95. The second-order valence-corrected chi connectivity index (χ2v) is 6.19. The number of amides is 1. The lowest BCUT2D eigenvalue weighted by Gasteiger charge is -2.33. The minimum Gasteiger partial charge on any atom is -0.398 e. The van der Waals surface area contributed by atoms with E-state index in [0.29, 0.717) is 6.42 Å². The summed E-state index contributed by atoms with van der Waals surface area (Å²) in [5.41, 5.74) is 9.05. The van der Waals surface area contributed by atoms with Gasteiger partial charge in [-0.05, 0) is 36.0 Å². The van der Waals surface area contributed by atoms with Crippen LogP contribution in [-0.2, 0) is 11.2 Å². The van der Waals surface area contributed by atoms with Crippen molar-refractivity contribution < 1.29 is 4.79 Å². The third kappa shape index (κ3) is 2.91. The molecular formula is C16H24N2O. The third-order valence-electron chi connectivity index (χ3n) is 4.17. The predicted molar refractivity (Wildman–Crippen MR) is 80.2 cm³/mol. The first-order valence-electron chi connectivity index (χ1n) is 7.12. The van der Waals surface area contributed by atoms with Crippen LogP contribution in [0.25, 0.3) is 0 Å². The zero-order valence-corrected chi connectivity index (χ0v) is 12.2. The van der Waals surface area contributed by atoms with Crippen LogP contribution in [0.2, 0.25) is 0 Å². The number of nitrogens with two attached hydrogens (primary N) is 1. The Morgan fingerprint density at radius 1 is 1.42 bits per heavy atom. The minimum absolute atomic E-state index is 0.0645. The lowest BCUT2D eigenvalue weighted by Crippen LogP contribution is -2.38. The van der Waals surface area contributed by atoms with Crippen LogP contribution in [0.15, 0.2) is 18.2 Å². The number of fused-ring (bicyclic) bond motifs is 1. The van der Waals surface area contributed by atoms with E-state index in [2.05, 4.69) is 20.8 Å². The van der Waals surface area contributed by atoms with Gasteiger partial charge in [0.2, 0.25) is 5.91 Å². The van der Waals surface area contributed by atoms with Gasteiger partial charge in [0.1, 0.15) is 0 Å². The largest absolute Gasteiger partial charge is 0.398 e. The number of benzene rings is 1. The maximum absolute atomic E-state index is 12.5. The van der Waals surface area contributed by atoms with Crippen LogP contribution in [0.1, 0.15) is 45.6 Å². The van der Waals surface area contributed by atoms with Gasteiger partial charge in [-0.2, -0.15) is 0 Å². The van der Waals surface area contributed by atoms with Crippen LogP contribution < -0.4 is 10.6 Å². The van der Waals surface area contributed by atoms with E-state index in [4.69, 9.17) is 5.73 Å². The average Bonchev–Trinajstić information content (AvgIpc) is 2.38.